The largest absolute Gasteiger partial charge is 0.349 e. The molecule has 0 saturated heterocycles. The minimum absolute atomic E-state index is 0.144. The molecule has 0 fully saturated rings. The van der Waals surface area contributed by atoms with Crippen molar-refractivity contribution in [1.82, 2.24) is 4.90 Å². The molecule has 0 spiro atoms. The Labute approximate surface area is 101 Å². The third-order valence-electron chi connectivity index (χ3n) is 2.57. The quantitative estimate of drug-likeness (QED) is 0.793. The topological polar surface area (TPSA) is 12.5 Å². The zero-order valence-corrected chi connectivity index (χ0v) is 10.5. The normalized spacial score (nSPS) is 20.0. The van der Waals surface area contributed by atoms with Gasteiger partial charge >= 0.3 is 0 Å². The van der Waals surface area contributed by atoms with Gasteiger partial charge in [-0.25, -0.2) is 0 Å². The Hall–Kier alpha value is -0.930. The van der Waals surface area contributed by atoms with Gasteiger partial charge in [-0.15, -0.1) is 0 Å². The van der Waals surface area contributed by atoms with Gasteiger partial charge in [0.2, 0.25) is 0 Å². The molecule has 0 bridgehead atoms. The van der Waals surface area contributed by atoms with Crippen molar-refractivity contribution in [3.63, 3.8) is 0 Å². The second kappa shape index (κ2) is 5.41. The van der Waals surface area contributed by atoms with E-state index < -0.39 is 0 Å². The minimum atomic E-state index is 0.144. The van der Waals surface area contributed by atoms with Gasteiger partial charge in [0.05, 0.1) is 0 Å². The van der Waals surface area contributed by atoms with Crippen LogP contribution in [0.25, 0.3) is 0 Å². The van der Waals surface area contributed by atoms with Gasteiger partial charge in [0.15, 0.2) is 5.56 Å². The summed E-state index contributed by atoms with van der Waals surface area (Å²) in [6.07, 6.45) is 0. The van der Waals surface area contributed by atoms with Crippen LogP contribution < -0.4 is 0 Å². The zero-order valence-electron chi connectivity index (χ0n) is 9.72. The molecule has 0 saturated carbocycles. The lowest BCUT2D eigenvalue weighted by molar-refractivity contribution is 0.0267. The Morgan fingerprint density at radius 1 is 1.31 bits per heavy atom. The average Bonchev–Trinajstić information content (AvgIpc) is 2.64. The first-order valence-electron chi connectivity index (χ1n) is 5.55. The molecule has 3 heteroatoms. The maximum atomic E-state index is 5.69. The molecule has 1 heterocycles. The lowest BCUT2D eigenvalue weighted by Gasteiger charge is -2.27. The van der Waals surface area contributed by atoms with Crippen molar-refractivity contribution < 1.29 is 4.74 Å². The Bertz CT molecular complexity index is 363. The predicted molar refractivity (Wildman–Crippen MR) is 68.7 cm³/mol. The third-order valence-corrected chi connectivity index (χ3v) is 3.67. The van der Waals surface area contributed by atoms with Gasteiger partial charge in [0.1, 0.15) is 0 Å². The number of hydrogen-bond donors (Lipinski definition) is 0. The van der Waals surface area contributed by atoms with Crippen LogP contribution in [0.4, 0.5) is 0 Å². The zero-order chi connectivity index (χ0) is 11.4. The molecule has 1 aromatic carbocycles. The van der Waals surface area contributed by atoms with Crippen LogP contribution >= 0.6 is 11.8 Å². The fourth-order valence-electron chi connectivity index (χ4n) is 1.72. The molecular weight excluding hydrogens is 218 g/mol. The molecule has 86 valence electrons. The van der Waals surface area contributed by atoms with E-state index in [0.29, 0.717) is 0 Å². The number of thioether (sulfide) groups is 1. The van der Waals surface area contributed by atoms with Crippen molar-refractivity contribution in [2.45, 2.75) is 26.0 Å². The summed E-state index contributed by atoms with van der Waals surface area (Å²) in [5.74, 6) is 0. The molecule has 0 aliphatic carbocycles. The SMILES string of the molecule is CCOC1SC=C(C)N1Cc1ccccc1. The summed E-state index contributed by atoms with van der Waals surface area (Å²) in [6, 6.07) is 10.5. The van der Waals surface area contributed by atoms with E-state index in [-0.39, 0.29) is 5.56 Å². The van der Waals surface area contributed by atoms with E-state index in [0.717, 1.165) is 13.2 Å². The van der Waals surface area contributed by atoms with Crippen molar-refractivity contribution in [2.24, 2.45) is 0 Å². The van der Waals surface area contributed by atoms with Crippen LogP contribution in [0.2, 0.25) is 0 Å². The van der Waals surface area contributed by atoms with Gasteiger partial charge in [-0.05, 0) is 24.8 Å². The average molecular weight is 235 g/mol. The van der Waals surface area contributed by atoms with Crippen LogP contribution in [0, 0.1) is 0 Å². The summed E-state index contributed by atoms with van der Waals surface area (Å²) in [5.41, 5.74) is 2.75. The van der Waals surface area contributed by atoms with Crippen LogP contribution in [-0.2, 0) is 11.3 Å². The lowest BCUT2D eigenvalue weighted by Crippen LogP contribution is -2.29. The summed E-state index contributed by atoms with van der Waals surface area (Å²) >= 11 is 1.74. The van der Waals surface area contributed by atoms with E-state index in [4.69, 9.17) is 4.74 Å². The van der Waals surface area contributed by atoms with E-state index in [2.05, 4.69) is 41.5 Å². The second-order valence-corrected chi connectivity index (χ2v) is 4.68. The van der Waals surface area contributed by atoms with Crippen molar-refractivity contribution >= 4 is 11.8 Å². The van der Waals surface area contributed by atoms with Crippen molar-refractivity contribution in [3.05, 3.63) is 47.0 Å². The molecule has 2 nitrogen and oxygen atoms in total. The summed E-state index contributed by atoms with van der Waals surface area (Å²) in [7, 11) is 0. The molecule has 1 atom stereocenters. The van der Waals surface area contributed by atoms with Crippen molar-refractivity contribution in [3.8, 4) is 0 Å². The van der Waals surface area contributed by atoms with Crippen molar-refractivity contribution in [2.75, 3.05) is 6.61 Å². The molecule has 1 unspecified atom stereocenters. The Morgan fingerprint density at radius 3 is 2.75 bits per heavy atom. The number of hydrogen-bond acceptors (Lipinski definition) is 3. The number of benzene rings is 1. The lowest BCUT2D eigenvalue weighted by atomic mass is 10.2. The first-order chi connectivity index (χ1) is 7.81. The van der Waals surface area contributed by atoms with Gasteiger partial charge < -0.3 is 9.64 Å². The van der Waals surface area contributed by atoms with E-state index in [1.807, 2.05) is 13.0 Å². The molecule has 1 aliphatic heterocycles. The van der Waals surface area contributed by atoms with Gasteiger partial charge in [0.25, 0.3) is 0 Å². The summed E-state index contributed by atoms with van der Waals surface area (Å²) in [6.45, 7) is 5.84. The van der Waals surface area contributed by atoms with Gasteiger partial charge in [-0.2, -0.15) is 0 Å². The van der Waals surface area contributed by atoms with Crippen molar-refractivity contribution in [1.29, 1.82) is 0 Å². The molecular formula is C13H17NOS. The highest BCUT2D eigenvalue weighted by Gasteiger charge is 2.24. The Morgan fingerprint density at radius 2 is 2.06 bits per heavy atom. The van der Waals surface area contributed by atoms with Crippen LogP contribution in [0.5, 0.6) is 0 Å². The molecule has 0 radical (unpaired) electrons. The fraction of sp³-hybridized carbons (Fsp3) is 0.385. The fourth-order valence-corrected chi connectivity index (χ4v) is 2.77. The number of nitrogens with zero attached hydrogens (tertiary/aromatic N) is 1. The first-order valence-corrected chi connectivity index (χ1v) is 6.50. The monoisotopic (exact) mass is 235 g/mol. The van der Waals surface area contributed by atoms with Crippen LogP contribution in [-0.4, -0.2) is 17.1 Å². The standard InChI is InChI=1S/C13H17NOS/c1-3-15-13-14(11(2)10-16-13)9-12-7-5-4-6-8-12/h4-8,10,13H,3,9H2,1-2H3. The Balaban J connectivity index is 2.04. The summed E-state index contributed by atoms with van der Waals surface area (Å²) < 4.78 is 5.69. The van der Waals surface area contributed by atoms with Crippen LogP contribution in [0.15, 0.2) is 41.4 Å². The maximum Gasteiger partial charge on any atom is 0.182 e. The molecule has 1 aromatic rings. The maximum absolute atomic E-state index is 5.69. The number of rotatable bonds is 4. The first kappa shape index (κ1) is 11.6. The highest BCUT2D eigenvalue weighted by Crippen LogP contribution is 2.32. The molecule has 0 aromatic heterocycles. The number of allylic oxidation sites excluding steroid dienone is 1. The van der Waals surface area contributed by atoms with E-state index in [1.165, 1.54) is 11.3 Å². The highest BCUT2D eigenvalue weighted by atomic mass is 32.2. The van der Waals surface area contributed by atoms with E-state index >= 15 is 0 Å². The Kier molecular flexibility index (Phi) is 3.91. The molecule has 1 aliphatic rings. The van der Waals surface area contributed by atoms with Gasteiger partial charge in [0, 0.05) is 18.8 Å². The molecule has 16 heavy (non-hydrogen) atoms. The minimum Gasteiger partial charge on any atom is -0.349 e. The molecule has 0 N–H and O–H groups in total. The third kappa shape index (κ3) is 2.60. The smallest absolute Gasteiger partial charge is 0.182 e. The van der Waals surface area contributed by atoms with Gasteiger partial charge in [-0.1, -0.05) is 42.1 Å². The van der Waals surface area contributed by atoms with Gasteiger partial charge in [-0.3, -0.25) is 0 Å². The summed E-state index contributed by atoms with van der Waals surface area (Å²) in [5, 5.41) is 2.17. The van der Waals surface area contributed by atoms with Crippen LogP contribution in [0.3, 0.4) is 0 Å². The highest BCUT2D eigenvalue weighted by molar-refractivity contribution is 8.02. The summed E-state index contributed by atoms with van der Waals surface area (Å²) in [4.78, 5) is 2.30. The molecule has 2 rings (SSSR count). The van der Waals surface area contributed by atoms with Crippen LogP contribution in [0.1, 0.15) is 19.4 Å². The van der Waals surface area contributed by atoms with E-state index in [9.17, 15) is 0 Å². The second-order valence-electron chi connectivity index (χ2n) is 3.77. The number of ether oxygens (including phenoxy) is 1. The molecule has 0 amide bonds. The van der Waals surface area contributed by atoms with E-state index in [1.54, 1.807) is 11.8 Å². The predicted octanol–water partition coefficient (Wildman–Crippen LogP) is 3.42.